The average Bonchev–Trinajstić information content (AvgIpc) is 2.39. The molecule has 0 fully saturated rings. The van der Waals surface area contributed by atoms with Crippen LogP contribution in [0.3, 0.4) is 0 Å². The fraction of sp³-hybridized carbons (Fsp3) is 0.250. The van der Waals surface area contributed by atoms with Crippen LogP contribution in [0, 0.1) is 6.92 Å². The van der Waals surface area contributed by atoms with E-state index in [1.54, 1.807) is 0 Å². The Hall–Kier alpha value is -0.800. The number of aryl methyl sites for hydroxylation is 1. The molecule has 0 spiro atoms. The second-order valence-corrected chi connectivity index (χ2v) is 6.33. The standard InChI is InChI=1S/C16H17Br2N/c1-3-15(12-7-5-4-6-8-12)19-16-13(17)9-11(2)10-14(16)18/h4-10,15,19H,3H2,1-2H3. The van der Waals surface area contributed by atoms with E-state index in [1.165, 1.54) is 11.1 Å². The van der Waals surface area contributed by atoms with Gasteiger partial charge in [0.2, 0.25) is 0 Å². The molecule has 0 aromatic heterocycles. The second kappa shape index (κ2) is 6.58. The van der Waals surface area contributed by atoms with Gasteiger partial charge in [-0.2, -0.15) is 0 Å². The Bertz CT molecular complexity index is 529. The monoisotopic (exact) mass is 381 g/mol. The van der Waals surface area contributed by atoms with Gasteiger partial charge in [-0.05, 0) is 68.5 Å². The Labute approximate surface area is 131 Å². The summed E-state index contributed by atoms with van der Waals surface area (Å²) in [5.41, 5.74) is 3.66. The first-order valence-corrected chi connectivity index (χ1v) is 7.97. The fourth-order valence-electron chi connectivity index (χ4n) is 2.12. The first kappa shape index (κ1) is 14.6. The van der Waals surface area contributed by atoms with Crippen LogP contribution in [0.2, 0.25) is 0 Å². The van der Waals surface area contributed by atoms with E-state index in [2.05, 4.69) is 87.4 Å². The number of nitrogens with one attached hydrogen (secondary N) is 1. The maximum atomic E-state index is 3.64. The molecule has 3 heteroatoms. The minimum absolute atomic E-state index is 0.316. The Morgan fingerprint density at radius 2 is 1.63 bits per heavy atom. The highest BCUT2D eigenvalue weighted by molar-refractivity contribution is 9.11. The van der Waals surface area contributed by atoms with Crippen LogP contribution in [0.5, 0.6) is 0 Å². The van der Waals surface area contributed by atoms with E-state index >= 15 is 0 Å². The van der Waals surface area contributed by atoms with Gasteiger partial charge >= 0.3 is 0 Å². The van der Waals surface area contributed by atoms with Crippen molar-refractivity contribution >= 4 is 37.5 Å². The van der Waals surface area contributed by atoms with Crippen molar-refractivity contribution in [1.29, 1.82) is 0 Å². The zero-order chi connectivity index (χ0) is 13.8. The molecule has 0 aliphatic heterocycles. The fourth-order valence-corrected chi connectivity index (χ4v) is 3.76. The normalized spacial score (nSPS) is 12.2. The van der Waals surface area contributed by atoms with Crippen molar-refractivity contribution in [1.82, 2.24) is 0 Å². The van der Waals surface area contributed by atoms with Gasteiger partial charge in [0, 0.05) is 8.95 Å². The molecule has 1 atom stereocenters. The Morgan fingerprint density at radius 3 is 2.16 bits per heavy atom. The summed E-state index contributed by atoms with van der Waals surface area (Å²) in [6, 6.07) is 15.1. The van der Waals surface area contributed by atoms with Crippen LogP contribution in [0.1, 0.15) is 30.5 Å². The van der Waals surface area contributed by atoms with E-state index in [-0.39, 0.29) is 0 Å². The summed E-state index contributed by atoms with van der Waals surface area (Å²) in [4.78, 5) is 0. The Balaban J connectivity index is 2.29. The highest BCUT2D eigenvalue weighted by Crippen LogP contribution is 2.35. The third kappa shape index (κ3) is 3.61. The molecule has 0 aliphatic carbocycles. The van der Waals surface area contributed by atoms with Crippen molar-refractivity contribution < 1.29 is 0 Å². The van der Waals surface area contributed by atoms with Crippen molar-refractivity contribution in [2.75, 3.05) is 5.32 Å². The number of hydrogen-bond donors (Lipinski definition) is 1. The number of benzene rings is 2. The topological polar surface area (TPSA) is 12.0 Å². The summed E-state index contributed by atoms with van der Waals surface area (Å²) in [5.74, 6) is 0. The quantitative estimate of drug-likeness (QED) is 0.675. The smallest absolute Gasteiger partial charge is 0.0634 e. The van der Waals surface area contributed by atoms with Crippen LogP contribution in [0.15, 0.2) is 51.4 Å². The van der Waals surface area contributed by atoms with Gasteiger partial charge in [-0.15, -0.1) is 0 Å². The van der Waals surface area contributed by atoms with E-state index in [0.717, 1.165) is 21.1 Å². The van der Waals surface area contributed by atoms with Crippen LogP contribution >= 0.6 is 31.9 Å². The average molecular weight is 383 g/mol. The summed E-state index contributed by atoms with van der Waals surface area (Å²) >= 11 is 7.27. The first-order valence-electron chi connectivity index (χ1n) is 6.39. The van der Waals surface area contributed by atoms with Crippen molar-refractivity contribution in [2.24, 2.45) is 0 Å². The lowest BCUT2D eigenvalue weighted by Gasteiger charge is -2.21. The molecule has 0 saturated carbocycles. The number of halogens is 2. The number of rotatable bonds is 4. The lowest BCUT2D eigenvalue weighted by atomic mass is 10.0. The minimum atomic E-state index is 0.316. The largest absolute Gasteiger partial charge is 0.376 e. The molecule has 100 valence electrons. The summed E-state index contributed by atoms with van der Waals surface area (Å²) in [5, 5.41) is 3.62. The van der Waals surface area contributed by atoms with Crippen LogP contribution in [-0.4, -0.2) is 0 Å². The van der Waals surface area contributed by atoms with Crippen LogP contribution in [0.25, 0.3) is 0 Å². The van der Waals surface area contributed by atoms with Gasteiger partial charge in [-0.1, -0.05) is 37.3 Å². The summed E-state index contributed by atoms with van der Waals surface area (Å²) in [6.45, 7) is 4.29. The van der Waals surface area contributed by atoms with Gasteiger partial charge in [0.1, 0.15) is 0 Å². The van der Waals surface area contributed by atoms with Crippen molar-refractivity contribution in [3.63, 3.8) is 0 Å². The molecule has 0 aliphatic rings. The van der Waals surface area contributed by atoms with Gasteiger partial charge in [0.05, 0.1) is 11.7 Å². The zero-order valence-electron chi connectivity index (χ0n) is 11.1. The molecule has 1 N–H and O–H groups in total. The molecule has 2 aromatic rings. The third-order valence-electron chi connectivity index (χ3n) is 3.12. The number of hydrogen-bond acceptors (Lipinski definition) is 1. The van der Waals surface area contributed by atoms with Gasteiger partial charge in [0.15, 0.2) is 0 Å². The molecule has 0 saturated heterocycles. The van der Waals surface area contributed by atoms with Gasteiger partial charge in [0.25, 0.3) is 0 Å². The molecule has 0 radical (unpaired) electrons. The molecule has 1 nitrogen and oxygen atoms in total. The van der Waals surface area contributed by atoms with Crippen molar-refractivity contribution in [3.05, 3.63) is 62.5 Å². The predicted octanol–water partition coefficient (Wildman–Crippen LogP) is 6.08. The minimum Gasteiger partial charge on any atom is -0.376 e. The molecule has 0 heterocycles. The highest BCUT2D eigenvalue weighted by Gasteiger charge is 2.13. The molecule has 2 aromatic carbocycles. The third-order valence-corrected chi connectivity index (χ3v) is 4.37. The predicted molar refractivity (Wildman–Crippen MR) is 89.7 cm³/mol. The molecule has 0 bridgehead atoms. The van der Waals surface area contributed by atoms with Gasteiger partial charge < -0.3 is 5.32 Å². The van der Waals surface area contributed by atoms with Gasteiger partial charge in [-0.3, -0.25) is 0 Å². The van der Waals surface area contributed by atoms with E-state index in [9.17, 15) is 0 Å². The lowest BCUT2D eigenvalue weighted by molar-refractivity contribution is 0.748. The highest BCUT2D eigenvalue weighted by atomic mass is 79.9. The van der Waals surface area contributed by atoms with Crippen molar-refractivity contribution in [3.8, 4) is 0 Å². The van der Waals surface area contributed by atoms with E-state index in [4.69, 9.17) is 0 Å². The Kier molecular flexibility index (Phi) is 5.06. The van der Waals surface area contributed by atoms with Gasteiger partial charge in [-0.25, -0.2) is 0 Å². The second-order valence-electron chi connectivity index (χ2n) is 4.62. The molecule has 2 rings (SSSR count). The first-order chi connectivity index (χ1) is 9.11. The molecular weight excluding hydrogens is 366 g/mol. The zero-order valence-corrected chi connectivity index (χ0v) is 14.3. The lowest BCUT2D eigenvalue weighted by Crippen LogP contribution is -2.10. The Morgan fingerprint density at radius 1 is 1.05 bits per heavy atom. The molecule has 1 unspecified atom stereocenters. The van der Waals surface area contributed by atoms with Crippen molar-refractivity contribution in [2.45, 2.75) is 26.3 Å². The van der Waals surface area contributed by atoms with E-state index in [0.29, 0.717) is 6.04 Å². The summed E-state index contributed by atoms with van der Waals surface area (Å²) in [6.07, 6.45) is 1.04. The molecular formula is C16H17Br2N. The maximum Gasteiger partial charge on any atom is 0.0634 e. The van der Waals surface area contributed by atoms with Crippen LogP contribution in [-0.2, 0) is 0 Å². The SMILES string of the molecule is CCC(Nc1c(Br)cc(C)cc1Br)c1ccccc1. The van der Waals surface area contributed by atoms with Crippen LogP contribution in [0.4, 0.5) is 5.69 Å². The summed E-state index contributed by atoms with van der Waals surface area (Å²) in [7, 11) is 0. The van der Waals surface area contributed by atoms with E-state index < -0.39 is 0 Å². The van der Waals surface area contributed by atoms with Crippen LogP contribution < -0.4 is 5.32 Å². The summed E-state index contributed by atoms with van der Waals surface area (Å²) < 4.78 is 2.18. The molecule has 0 amide bonds. The number of anilines is 1. The van der Waals surface area contributed by atoms with E-state index in [1.807, 2.05) is 6.07 Å². The molecule has 19 heavy (non-hydrogen) atoms. The maximum absolute atomic E-state index is 3.64.